The molecular weight excluding hydrogens is 384 g/mol. The number of methoxy groups -OCH3 is 1. The number of piperidine rings is 1. The number of halogens is 1. The highest BCUT2D eigenvalue weighted by atomic mass is 35.5. The second-order valence-corrected chi connectivity index (χ2v) is 7.39. The van der Waals surface area contributed by atoms with Crippen molar-refractivity contribution in [1.82, 2.24) is 9.80 Å². The van der Waals surface area contributed by atoms with Crippen LogP contribution in [0, 0.1) is 0 Å². The van der Waals surface area contributed by atoms with E-state index < -0.39 is 6.10 Å². The molecule has 2 saturated heterocycles. The van der Waals surface area contributed by atoms with Crippen molar-refractivity contribution in [1.29, 1.82) is 0 Å². The van der Waals surface area contributed by atoms with Gasteiger partial charge in [-0.15, -0.1) is 12.4 Å². The average Bonchev–Trinajstić information content (AvgIpc) is 2.98. The van der Waals surface area contributed by atoms with Crippen molar-refractivity contribution in [2.24, 2.45) is 0 Å². The molecule has 1 aromatic carbocycles. The van der Waals surface area contributed by atoms with E-state index in [1.165, 1.54) is 0 Å². The Kier molecular flexibility index (Phi) is 8.22. The highest BCUT2D eigenvalue weighted by molar-refractivity contribution is 5.85. The number of amides is 1. The lowest BCUT2D eigenvalue weighted by Gasteiger charge is -2.38. The molecule has 1 atom stereocenters. The van der Waals surface area contributed by atoms with Crippen LogP contribution in [0.5, 0.6) is 11.5 Å². The number of nitrogens with zero attached hydrogens (tertiary/aromatic N) is 2. The third kappa shape index (κ3) is 5.43. The molecular formula is C20H31ClN2O5. The molecule has 1 aromatic rings. The van der Waals surface area contributed by atoms with E-state index in [1.807, 2.05) is 29.2 Å². The Bertz CT molecular complexity index is 637. The number of rotatable bonds is 8. The Balaban J connectivity index is 0.00000280. The molecule has 0 aromatic heterocycles. The number of aliphatic hydroxyl groups is 1. The van der Waals surface area contributed by atoms with Gasteiger partial charge in [-0.25, -0.2) is 4.79 Å². The minimum atomic E-state index is -0.591. The third-order valence-electron chi connectivity index (χ3n) is 5.27. The number of benzene rings is 1. The summed E-state index contributed by atoms with van der Waals surface area (Å²) in [6.45, 7) is 5.86. The quantitative estimate of drug-likeness (QED) is 0.704. The monoisotopic (exact) mass is 414 g/mol. The maximum absolute atomic E-state index is 12.0. The molecule has 1 unspecified atom stereocenters. The lowest BCUT2D eigenvalue weighted by atomic mass is 9.91. The molecule has 1 spiro atoms. The Morgan fingerprint density at radius 1 is 1.25 bits per heavy atom. The van der Waals surface area contributed by atoms with E-state index in [1.54, 1.807) is 7.11 Å². The van der Waals surface area contributed by atoms with Crippen molar-refractivity contribution in [3.05, 3.63) is 24.3 Å². The van der Waals surface area contributed by atoms with Crippen LogP contribution in [0.4, 0.5) is 4.79 Å². The van der Waals surface area contributed by atoms with Gasteiger partial charge in [0.05, 0.1) is 13.7 Å². The first kappa shape index (κ1) is 22.6. The van der Waals surface area contributed by atoms with Crippen LogP contribution >= 0.6 is 12.4 Å². The maximum Gasteiger partial charge on any atom is 0.410 e. The average molecular weight is 415 g/mol. The molecule has 2 heterocycles. The van der Waals surface area contributed by atoms with Gasteiger partial charge in [0.1, 0.15) is 18.3 Å². The first-order valence-corrected chi connectivity index (χ1v) is 9.69. The van der Waals surface area contributed by atoms with Crippen LogP contribution in [-0.2, 0) is 4.74 Å². The number of hydrogen-bond donors (Lipinski definition) is 1. The number of carbonyl (C=O) groups is 1. The van der Waals surface area contributed by atoms with Gasteiger partial charge >= 0.3 is 6.09 Å². The Hall–Kier alpha value is -1.70. The summed E-state index contributed by atoms with van der Waals surface area (Å²) >= 11 is 0. The Morgan fingerprint density at radius 2 is 1.93 bits per heavy atom. The number of carbonyl (C=O) groups excluding carboxylic acids is 1. The molecule has 0 saturated carbocycles. The van der Waals surface area contributed by atoms with E-state index in [0.717, 1.165) is 38.9 Å². The molecule has 2 aliphatic rings. The molecule has 0 aliphatic carbocycles. The SMILES string of the molecule is CCCN1CC2(CCN(CC(O)COc3ccccc3OC)CC2)OC1=O.Cl. The van der Waals surface area contributed by atoms with Gasteiger partial charge in [-0.2, -0.15) is 0 Å². The Morgan fingerprint density at radius 3 is 2.57 bits per heavy atom. The number of β-amino-alcohol motifs (C(OH)–C–C–N with tert-alkyl or cyclic N) is 1. The summed E-state index contributed by atoms with van der Waals surface area (Å²) in [5.74, 6) is 1.29. The number of likely N-dealkylation sites (tertiary alicyclic amines) is 1. The zero-order chi connectivity index (χ0) is 19.3. The van der Waals surface area contributed by atoms with Crippen molar-refractivity contribution in [2.45, 2.75) is 37.9 Å². The Labute approximate surface area is 172 Å². The summed E-state index contributed by atoms with van der Waals surface area (Å²) in [5, 5.41) is 10.3. The zero-order valence-corrected chi connectivity index (χ0v) is 17.5. The molecule has 2 fully saturated rings. The van der Waals surface area contributed by atoms with Crippen molar-refractivity contribution in [3.63, 3.8) is 0 Å². The zero-order valence-electron chi connectivity index (χ0n) is 16.6. The van der Waals surface area contributed by atoms with Gasteiger partial charge in [-0.05, 0) is 18.6 Å². The molecule has 1 amide bonds. The maximum atomic E-state index is 12.0. The van der Waals surface area contributed by atoms with Gasteiger partial charge in [0, 0.05) is 39.0 Å². The van der Waals surface area contributed by atoms with Crippen LogP contribution in [0.15, 0.2) is 24.3 Å². The summed E-state index contributed by atoms with van der Waals surface area (Å²) in [7, 11) is 1.60. The van der Waals surface area contributed by atoms with Crippen molar-refractivity contribution in [2.75, 3.05) is 46.4 Å². The van der Waals surface area contributed by atoms with Crippen LogP contribution in [-0.4, -0.2) is 79.1 Å². The van der Waals surface area contributed by atoms with E-state index in [9.17, 15) is 9.90 Å². The molecule has 2 aliphatic heterocycles. The minimum absolute atomic E-state index is 0. The lowest BCUT2D eigenvalue weighted by Crippen LogP contribution is -2.49. The predicted octanol–water partition coefficient (Wildman–Crippen LogP) is 2.55. The topological polar surface area (TPSA) is 71.5 Å². The molecule has 158 valence electrons. The van der Waals surface area contributed by atoms with Crippen LogP contribution in [0.25, 0.3) is 0 Å². The molecule has 8 heteroatoms. The lowest BCUT2D eigenvalue weighted by molar-refractivity contribution is -0.0145. The second-order valence-electron chi connectivity index (χ2n) is 7.39. The second kappa shape index (κ2) is 10.2. The molecule has 0 bridgehead atoms. The molecule has 0 radical (unpaired) electrons. The largest absolute Gasteiger partial charge is 0.493 e. The van der Waals surface area contributed by atoms with Crippen LogP contribution in [0.3, 0.4) is 0 Å². The molecule has 7 nitrogen and oxygen atoms in total. The van der Waals surface area contributed by atoms with Gasteiger partial charge in [0.15, 0.2) is 11.5 Å². The number of para-hydroxylation sites is 2. The van der Waals surface area contributed by atoms with Crippen LogP contribution in [0.2, 0.25) is 0 Å². The first-order valence-electron chi connectivity index (χ1n) is 9.69. The smallest absolute Gasteiger partial charge is 0.410 e. The van der Waals surface area contributed by atoms with E-state index in [2.05, 4.69) is 11.8 Å². The summed E-state index contributed by atoms with van der Waals surface area (Å²) in [6, 6.07) is 7.41. The third-order valence-corrected chi connectivity index (χ3v) is 5.27. The van der Waals surface area contributed by atoms with E-state index in [4.69, 9.17) is 14.2 Å². The molecule has 28 heavy (non-hydrogen) atoms. The summed E-state index contributed by atoms with van der Waals surface area (Å²) in [6.07, 6.45) is 1.77. The van der Waals surface area contributed by atoms with Crippen molar-refractivity contribution in [3.8, 4) is 11.5 Å². The molecule has 1 N–H and O–H groups in total. The first-order chi connectivity index (χ1) is 13.0. The number of aliphatic hydroxyl groups excluding tert-OH is 1. The fraction of sp³-hybridized carbons (Fsp3) is 0.650. The highest BCUT2D eigenvalue weighted by Gasteiger charge is 2.46. The predicted molar refractivity (Wildman–Crippen MR) is 108 cm³/mol. The van der Waals surface area contributed by atoms with Gasteiger partial charge in [-0.1, -0.05) is 19.1 Å². The van der Waals surface area contributed by atoms with E-state index >= 15 is 0 Å². The number of hydrogen-bond acceptors (Lipinski definition) is 6. The van der Waals surface area contributed by atoms with Gasteiger partial charge < -0.3 is 29.1 Å². The summed E-state index contributed by atoms with van der Waals surface area (Å²) < 4.78 is 16.7. The fourth-order valence-corrected chi connectivity index (χ4v) is 3.81. The summed E-state index contributed by atoms with van der Waals surface area (Å²) in [5.41, 5.74) is -0.346. The highest BCUT2D eigenvalue weighted by Crippen LogP contribution is 2.33. The standard InChI is InChI=1S/C20H30N2O5.ClH/c1-3-10-22-15-20(27-19(22)24)8-11-21(12-9-20)13-16(23)14-26-18-7-5-4-6-17(18)25-2;/h4-7,16,23H,3,8-15H2,1-2H3;1H. The van der Waals surface area contributed by atoms with Gasteiger partial charge in [0.2, 0.25) is 0 Å². The van der Waals surface area contributed by atoms with E-state index in [0.29, 0.717) is 24.6 Å². The van der Waals surface area contributed by atoms with Crippen LogP contribution in [0.1, 0.15) is 26.2 Å². The van der Waals surface area contributed by atoms with Gasteiger partial charge in [-0.3, -0.25) is 0 Å². The van der Waals surface area contributed by atoms with E-state index in [-0.39, 0.29) is 30.7 Å². The van der Waals surface area contributed by atoms with Crippen molar-refractivity contribution < 1.29 is 24.1 Å². The molecule has 3 rings (SSSR count). The normalized spacial score (nSPS) is 19.8. The van der Waals surface area contributed by atoms with Crippen LogP contribution < -0.4 is 9.47 Å². The fourth-order valence-electron chi connectivity index (χ4n) is 3.81. The number of ether oxygens (including phenoxy) is 3. The van der Waals surface area contributed by atoms with Gasteiger partial charge in [0.25, 0.3) is 0 Å². The van der Waals surface area contributed by atoms with Crippen molar-refractivity contribution >= 4 is 18.5 Å². The summed E-state index contributed by atoms with van der Waals surface area (Å²) in [4.78, 5) is 16.0. The minimum Gasteiger partial charge on any atom is -0.493 e.